The zero-order chi connectivity index (χ0) is 15.7. The van der Waals surface area contributed by atoms with E-state index in [1.54, 1.807) is 13.2 Å². The molecule has 0 aliphatic heterocycles. The van der Waals surface area contributed by atoms with Gasteiger partial charge >= 0.3 is 0 Å². The third-order valence-electron chi connectivity index (χ3n) is 3.82. The van der Waals surface area contributed by atoms with Crippen molar-refractivity contribution >= 4 is 5.84 Å². The molecule has 4 nitrogen and oxygen atoms in total. The number of amidine groups is 1. The lowest BCUT2D eigenvalue weighted by atomic mass is 9.84. The van der Waals surface area contributed by atoms with Gasteiger partial charge < -0.3 is 10.3 Å². The Balaban J connectivity index is 0.00000106. The van der Waals surface area contributed by atoms with Crippen LogP contribution in [-0.2, 0) is 0 Å². The molecule has 0 spiro atoms. The summed E-state index contributed by atoms with van der Waals surface area (Å²) in [6.07, 6.45) is 7.78. The molecule has 2 rings (SSSR count). The molecule has 1 heterocycles. The number of pyridine rings is 1. The molecular formula is C17H29N3O. The van der Waals surface area contributed by atoms with Crippen molar-refractivity contribution in [1.82, 2.24) is 10.3 Å². The predicted molar refractivity (Wildman–Crippen MR) is 90.4 cm³/mol. The monoisotopic (exact) mass is 291 g/mol. The fourth-order valence-corrected chi connectivity index (χ4v) is 2.83. The van der Waals surface area contributed by atoms with Crippen LogP contribution in [0.1, 0.15) is 69.9 Å². The van der Waals surface area contributed by atoms with Gasteiger partial charge in [0.05, 0.1) is 0 Å². The minimum atomic E-state index is 0.0580. The van der Waals surface area contributed by atoms with Crippen molar-refractivity contribution in [3.05, 3.63) is 33.7 Å². The van der Waals surface area contributed by atoms with Gasteiger partial charge in [-0.15, -0.1) is 0 Å². The predicted octanol–water partition coefficient (Wildman–Crippen LogP) is 3.43. The largest absolute Gasteiger partial charge is 0.370 e. The lowest BCUT2D eigenvalue weighted by molar-refractivity contribution is 0.441. The van der Waals surface area contributed by atoms with Gasteiger partial charge in [-0.2, -0.15) is 0 Å². The van der Waals surface area contributed by atoms with Gasteiger partial charge in [-0.3, -0.25) is 9.79 Å². The van der Waals surface area contributed by atoms with E-state index in [9.17, 15) is 4.79 Å². The first-order valence-electron chi connectivity index (χ1n) is 8.20. The summed E-state index contributed by atoms with van der Waals surface area (Å²) in [6, 6.07) is 2.01. The van der Waals surface area contributed by atoms with Crippen LogP contribution >= 0.6 is 0 Å². The molecule has 0 radical (unpaired) electrons. The summed E-state index contributed by atoms with van der Waals surface area (Å²) in [7, 11) is 1.77. The molecule has 1 aromatic heterocycles. The highest BCUT2D eigenvalue weighted by atomic mass is 16.1. The normalized spacial score (nSPS) is 16.1. The van der Waals surface area contributed by atoms with E-state index in [1.807, 2.05) is 26.8 Å². The Morgan fingerprint density at radius 3 is 2.57 bits per heavy atom. The number of nitrogens with one attached hydrogen (secondary N) is 2. The number of aromatic nitrogens is 1. The molecule has 118 valence electrons. The standard InChI is InChI=1S/C15H23N3O.C2H6/c1-3-17-14(16-2)12-9-13(15(19)18-10-12)11-7-5-4-6-8-11;1-2/h9-11H,3-8H2,1-2H3,(H,16,17)(H,18,19);1-2H3. The van der Waals surface area contributed by atoms with E-state index in [0.717, 1.165) is 36.3 Å². The van der Waals surface area contributed by atoms with E-state index in [-0.39, 0.29) is 5.56 Å². The third-order valence-corrected chi connectivity index (χ3v) is 3.82. The van der Waals surface area contributed by atoms with Crippen molar-refractivity contribution in [2.45, 2.75) is 58.8 Å². The van der Waals surface area contributed by atoms with E-state index in [0.29, 0.717) is 5.92 Å². The van der Waals surface area contributed by atoms with Crippen molar-refractivity contribution in [2.75, 3.05) is 13.6 Å². The number of nitrogens with zero attached hydrogens (tertiary/aromatic N) is 1. The lowest BCUT2D eigenvalue weighted by Crippen LogP contribution is -2.26. The van der Waals surface area contributed by atoms with Gasteiger partial charge in [0.2, 0.25) is 0 Å². The minimum absolute atomic E-state index is 0.0580. The third kappa shape index (κ3) is 4.73. The van der Waals surface area contributed by atoms with Crippen molar-refractivity contribution in [2.24, 2.45) is 4.99 Å². The zero-order valence-corrected chi connectivity index (χ0v) is 13.8. The smallest absolute Gasteiger partial charge is 0.251 e. The number of rotatable bonds is 3. The van der Waals surface area contributed by atoms with Crippen LogP contribution in [0.2, 0.25) is 0 Å². The molecule has 1 aliphatic rings. The van der Waals surface area contributed by atoms with Crippen LogP contribution in [0.5, 0.6) is 0 Å². The number of H-pyrrole nitrogens is 1. The fraction of sp³-hybridized carbons (Fsp3) is 0.647. The average molecular weight is 291 g/mol. The summed E-state index contributed by atoms with van der Waals surface area (Å²) in [6.45, 7) is 6.86. The van der Waals surface area contributed by atoms with Crippen molar-refractivity contribution in [1.29, 1.82) is 0 Å². The van der Waals surface area contributed by atoms with Gasteiger partial charge in [0.25, 0.3) is 5.56 Å². The minimum Gasteiger partial charge on any atom is -0.370 e. The number of hydrogen-bond donors (Lipinski definition) is 2. The summed E-state index contributed by atoms with van der Waals surface area (Å²) < 4.78 is 0. The number of hydrogen-bond acceptors (Lipinski definition) is 2. The molecule has 1 saturated carbocycles. The molecule has 0 bridgehead atoms. The molecule has 0 saturated heterocycles. The maximum Gasteiger partial charge on any atom is 0.251 e. The Hall–Kier alpha value is -1.58. The van der Waals surface area contributed by atoms with Crippen molar-refractivity contribution in [3.63, 3.8) is 0 Å². The second-order valence-electron chi connectivity index (χ2n) is 5.11. The van der Waals surface area contributed by atoms with Crippen molar-refractivity contribution < 1.29 is 0 Å². The molecule has 0 aromatic carbocycles. The van der Waals surface area contributed by atoms with E-state index >= 15 is 0 Å². The molecule has 0 atom stereocenters. The van der Waals surface area contributed by atoms with Gasteiger partial charge in [-0.1, -0.05) is 33.1 Å². The second kappa shape index (κ2) is 9.37. The van der Waals surface area contributed by atoms with E-state index in [1.165, 1.54) is 19.3 Å². The van der Waals surface area contributed by atoms with E-state index in [2.05, 4.69) is 15.3 Å². The number of aromatic amines is 1. The van der Waals surface area contributed by atoms with Crippen LogP contribution in [0.4, 0.5) is 0 Å². The summed E-state index contributed by atoms with van der Waals surface area (Å²) in [4.78, 5) is 19.1. The highest BCUT2D eigenvalue weighted by Crippen LogP contribution is 2.30. The highest BCUT2D eigenvalue weighted by molar-refractivity contribution is 5.98. The molecule has 4 heteroatoms. The van der Waals surface area contributed by atoms with Crippen LogP contribution in [0.15, 0.2) is 22.1 Å². The van der Waals surface area contributed by atoms with E-state index < -0.39 is 0 Å². The second-order valence-corrected chi connectivity index (χ2v) is 5.11. The molecule has 0 unspecified atom stereocenters. The Labute approximate surface area is 128 Å². The first kappa shape index (κ1) is 17.5. The van der Waals surface area contributed by atoms with Gasteiger partial charge in [0.15, 0.2) is 0 Å². The van der Waals surface area contributed by atoms with Crippen LogP contribution < -0.4 is 10.9 Å². The molecule has 21 heavy (non-hydrogen) atoms. The maximum atomic E-state index is 12.0. The molecular weight excluding hydrogens is 262 g/mol. The summed E-state index contributed by atoms with van der Waals surface area (Å²) >= 11 is 0. The van der Waals surface area contributed by atoms with Crippen LogP contribution in [-0.4, -0.2) is 24.4 Å². The van der Waals surface area contributed by atoms with Gasteiger partial charge in [-0.25, -0.2) is 0 Å². The van der Waals surface area contributed by atoms with Crippen LogP contribution in [0, 0.1) is 0 Å². The molecule has 1 aliphatic carbocycles. The zero-order valence-electron chi connectivity index (χ0n) is 13.8. The van der Waals surface area contributed by atoms with Crippen LogP contribution in [0.25, 0.3) is 0 Å². The van der Waals surface area contributed by atoms with Crippen molar-refractivity contribution in [3.8, 4) is 0 Å². The Kier molecular flexibility index (Phi) is 7.80. The summed E-state index contributed by atoms with van der Waals surface area (Å²) in [5, 5.41) is 3.23. The molecule has 0 amide bonds. The number of aliphatic imine (C=N–C) groups is 1. The van der Waals surface area contributed by atoms with Gasteiger partial charge in [0.1, 0.15) is 5.84 Å². The Bertz CT molecular complexity index is 499. The highest BCUT2D eigenvalue weighted by Gasteiger charge is 2.19. The molecule has 1 fully saturated rings. The molecule has 2 N–H and O–H groups in total. The Morgan fingerprint density at radius 1 is 1.33 bits per heavy atom. The maximum absolute atomic E-state index is 12.0. The SMILES string of the molecule is CC.CCNC(=NC)c1c[nH]c(=O)c(C2CCCCC2)c1. The van der Waals surface area contributed by atoms with Gasteiger partial charge in [-0.05, 0) is 31.7 Å². The Morgan fingerprint density at radius 2 is 2.00 bits per heavy atom. The summed E-state index contributed by atoms with van der Waals surface area (Å²) in [5.41, 5.74) is 1.96. The van der Waals surface area contributed by atoms with E-state index in [4.69, 9.17) is 0 Å². The summed E-state index contributed by atoms with van der Waals surface area (Å²) in [5.74, 6) is 1.26. The fourth-order valence-electron chi connectivity index (χ4n) is 2.83. The first-order valence-corrected chi connectivity index (χ1v) is 8.20. The van der Waals surface area contributed by atoms with Crippen LogP contribution in [0.3, 0.4) is 0 Å². The first-order chi connectivity index (χ1) is 10.3. The van der Waals surface area contributed by atoms with Gasteiger partial charge in [0, 0.05) is 30.9 Å². The lowest BCUT2D eigenvalue weighted by Gasteiger charge is -2.21. The molecule has 1 aromatic rings. The average Bonchev–Trinajstić information content (AvgIpc) is 2.56. The topological polar surface area (TPSA) is 57.2 Å². The quantitative estimate of drug-likeness (QED) is 0.662.